The predicted molar refractivity (Wildman–Crippen MR) is 167 cm³/mol. The summed E-state index contributed by atoms with van der Waals surface area (Å²) >= 11 is 0. The summed E-state index contributed by atoms with van der Waals surface area (Å²) in [6, 6.07) is 16.8. The summed E-state index contributed by atoms with van der Waals surface area (Å²) in [6.07, 6.45) is 8.79. The smallest absolute Gasteiger partial charge is 0.323 e. The first kappa shape index (κ1) is 28.6. The van der Waals surface area contributed by atoms with Crippen LogP contribution in [0.25, 0.3) is 22.2 Å². The molecule has 0 atom stereocenters. The number of imidazole rings is 1. The molecule has 2 aromatic carbocycles. The van der Waals surface area contributed by atoms with Crippen LogP contribution in [-0.4, -0.2) is 32.2 Å². The average molecular weight is 565 g/mol. The van der Waals surface area contributed by atoms with Gasteiger partial charge in [0.15, 0.2) is 0 Å². The molecule has 0 saturated carbocycles. The number of rotatable bonds is 10. The molecule has 42 heavy (non-hydrogen) atoms. The summed E-state index contributed by atoms with van der Waals surface area (Å²) in [4.78, 5) is 36.5. The van der Waals surface area contributed by atoms with E-state index in [1.807, 2.05) is 59.3 Å². The quantitative estimate of drug-likeness (QED) is 0.192. The summed E-state index contributed by atoms with van der Waals surface area (Å²) in [5.41, 5.74) is 4.51. The minimum absolute atomic E-state index is 0.174. The maximum absolute atomic E-state index is 14.1. The molecular formula is C33H36N6O3. The van der Waals surface area contributed by atoms with Gasteiger partial charge in [0.2, 0.25) is 0 Å². The minimum atomic E-state index is -0.497. The molecule has 0 saturated heterocycles. The van der Waals surface area contributed by atoms with Crippen molar-refractivity contribution < 1.29 is 9.53 Å². The average Bonchev–Trinajstić information content (AvgIpc) is 3.50. The summed E-state index contributed by atoms with van der Waals surface area (Å²) in [5.74, 6) is 0.819. The van der Waals surface area contributed by atoms with Crippen LogP contribution in [0.5, 0.6) is 5.75 Å². The van der Waals surface area contributed by atoms with Crippen molar-refractivity contribution >= 4 is 28.4 Å². The van der Waals surface area contributed by atoms with Crippen LogP contribution < -0.4 is 20.9 Å². The van der Waals surface area contributed by atoms with Gasteiger partial charge in [-0.25, -0.2) is 14.8 Å². The Morgan fingerprint density at radius 3 is 2.64 bits per heavy atom. The summed E-state index contributed by atoms with van der Waals surface area (Å²) < 4.78 is 9.10. The first-order valence-electron chi connectivity index (χ1n) is 14.2. The molecule has 0 aliphatic carbocycles. The lowest BCUT2D eigenvalue weighted by Crippen LogP contribution is -2.30. The highest BCUT2D eigenvalue weighted by Gasteiger charge is 2.22. The molecule has 0 aliphatic heterocycles. The summed E-state index contributed by atoms with van der Waals surface area (Å²) in [6.45, 7) is 7.35. The Morgan fingerprint density at radius 1 is 1.05 bits per heavy atom. The number of nitrogens with zero attached hydrogens (tertiary/aromatic N) is 4. The lowest BCUT2D eigenvalue weighted by atomic mass is 9.99. The van der Waals surface area contributed by atoms with Gasteiger partial charge in [-0.1, -0.05) is 51.5 Å². The zero-order valence-electron chi connectivity index (χ0n) is 24.4. The second-order valence-electron chi connectivity index (χ2n) is 10.6. The van der Waals surface area contributed by atoms with Gasteiger partial charge in [0.25, 0.3) is 5.56 Å². The van der Waals surface area contributed by atoms with Gasteiger partial charge >= 0.3 is 6.03 Å². The number of benzene rings is 2. The van der Waals surface area contributed by atoms with E-state index in [1.54, 1.807) is 30.4 Å². The zero-order valence-corrected chi connectivity index (χ0v) is 24.4. The maximum Gasteiger partial charge on any atom is 0.323 e. The second-order valence-corrected chi connectivity index (χ2v) is 10.6. The van der Waals surface area contributed by atoms with Gasteiger partial charge in [0.1, 0.15) is 17.1 Å². The molecule has 0 spiro atoms. The number of amides is 2. The Morgan fingerprint density at radius 2 is 1.90 bits per heavy atom. The van der Waals surface area contributed by atoms with Gasteiger partial charge in [-0.15, -0.1) is 0 Å². The van der Waals surface area contributed by atoms with E-state index in [9.17, 15) is 9.59 Å². The number of ether oxygens (including phenoxy) is 1. The Kier molecular flexibility index (Phi) is 8.66. The third kappa shape index (κ3) is 6.05. The van der Waals surface area contributed by atoms with Crippen molar-refractivity contribution in [3.8, 4) is 16.9 Å². The lowest BCUT2D eigenvalue weighted by molar-refractivity contribution is 0.262. The van der Waals surface area contributed by atoms with Crippen molar-refractivity contribution in [1.82, 2.24) is 19.1 Å². The number of carbonyl (C=O) groups excluding carboxylic acids is 1. The highest BCUT2D eigenvalue weighted by atomic mass is 16.5. The Hall–Kier alpha value is -4.92. The molecule has 0 unspecified atom stereocenters. The minimum Gasteiger partial charge on any atom is -0.497 e. The fraction of sp³-hybridized carbons (Fsp3) is 0.273. The number of urea groups is 1. The first-order valence-corrected chi connectivity index (χ1v) is 14.2. The van der Waals surface area contributed by atoms with E-state index < -0.39 is 6.03 Å². The molecule has 2 N–H and O–H groups in total. The van der Waals surface area contributed by atoms with Gasteiger partial charge in [0.05, 0.1) is 13.4 Å². The van der Waals surface area contributed by atoms with Crippen molar-refractivity contribution in [1.29, 1.82) is 0 Å². The van der Waals surface area contributed by atoms with Gasteiger partial charge in [-0.2, -0.15) is 0 Å². The van der Waals surface area contributed by atoms with E-state index in [-0.39, 0.29) is 17.2 Å². The summed E-state index contributed by atoms with van der Waals surface area (Å²) in [5, 5.41) is 6.74. The number of hydrogen-bond donors (Lipinski definition) is 2. The van der Waals surface area contributed by atoms with E-state index in [0.29, 0.717) is 35.7 Å². The topological polar surface area (TPSA) is 103 Å². The van der Waals surface area contributed by atoms with E-state index >= 15 is 0 Å². The second kappa shape index (κ2) is 12.7. The highest BCUT2D eigenvalue weighted by molar-refractivity contribution is 6.07. The van der Waals surface area contributed by atoms with Crippen LogP contribution in [0.15, 0.2) is 84.3 Å². The lowest BCUT2D eigenvalue weighted by Gasteiger charge is -2.20. The molecule has 0 aliphatic rings. The van der Waals surface area contributed by atoms with Crippen molar-refractivity contribution in [3.63, 3.8) is 0 Å². The Balaban J connectivity index is 1.59. The van der Waals surface area contributed by atoms with E-state index in [2.05, 4.69) is 47.4 Å². The van der Waals surface area contributed by atoms with Crippen LogP contribution in [0.1, 0.15) is 50.7 Å². The number of hydrogen-bond acceptors (Lipinski definition) is 5. The molecule has 0 radical (unpaired) electrons. The van der Waals surface area contributed by atoms with Crippen molar-refractivity contribution in [3.05, 3.63) is 101 Å². The zero-order chi connectivity index (χ0) is 29.6. The van der Waals surface area contributed by atoms with Crippen LogP contribution in [0.4, 0.5) is 16.2 Å². The molecule has 216 valence electrons. The third-order valence-electron chi connectivity index (χ3n) is 7.27. The van der Waals surface area contributed by atoms with Crippen LogP contribution in [-0.2, 0) is 13.1 Å². The van der Waals surface area contributed by atoms with Gasteiger partial charge in [-0.05, 0) is 59.4 Å². The number of carbonyl (C=O) groups is 1. The SMILES string of the molecule is CCCCn1c(=O)c(NC(=O)Nc2cc(Cn3ccnc3)ccc2C(C)C)c(-c2cccc(OC)c2)c2cccnc21. The number of nitrogens with one attached hydrogen (secondary N) is 2. The number of fused-ring (bicyclic) bond motifs is 1. The molecule has 5 aromatic rings. The van der Waals surface area contributed by atoms with Gasteiger partial charge < -0.3 is 19.9 Å². The Bertz CT molecular complexity index is 1760. The van der Waals surface area contributed by atoms with Crippen molar-refractivity contribution in [2.45, 2.75) is 52.6 Å². The molecule has 5 rings (SSSR count). The standard InChI is InChI=1S/C33H36N6O3/c1-5-6-16-39-31-27(11-8-14-35-31)29(24-9-7-10-25(19-24)42-4)30(32(39)40)37-33(41)36-28-18-23(12-13-26(28)22(2)3)20-38-17-15-34-21-38/h7-15,17-19,21-22H,5-6,16,20H2,1-4H3,(H2,36,37,41). The third-order valence-corrected chi connectivity index (χ3v) is 7.27. The van der Waals surface area contributed by atoms with Gasteiger partial charge in [-0.3, -0.25) is 9.36 Å². The summed E-state index contributed by atoms with van der Waals surface area (Å²) in [7, 11) is 1.60. The molecule has 3 heterocycles. The molecule has 0 fully saturated rings. The Labute approximate surface area is 245 Å². The van der Waals surface area contributed by atoms with Crippen LogP contribution >= 0.6 is 0 Å². The van der Waals surface area contributed by atoms with E-state index in [0.717, 1.165) is 34.9 Å². The predicted octanol–water partition coefficient (Wildman–Crippen LogP) is 6.88. The van der Waals surface area contributed by atoms with E-state index in [1.165, 1.54) is 0 Å². The van der Waals surface area contributed by atoms with Crippen molar-refractivity contribution in [2.75, 3.05) is 17.7 Å². The fourth-order valence-electron chi connectivity index (χ4n) is 5.17. The number of aromatic nitrogens is 4. The van der Waals surface area contributed by atoms with Gasteiger partial charge in [0, 0.05) is 48.3 Å². The fourth-order valence-corrected chi connectivity index (χ4v) is 5.17. The number of aryl methyl sites for hydroxylation is 1. The number of pyridine rings is 2. The van der Waals surface area contributed by atoms with E-state index in [4.69, 9.17) is 4.74 Å². The molecule has 3 aromatic heterocycles. The number of unbranched alkanes of at least 4 members (excludes halogenated alkanes) is 1. The largest absolute Gasteiger partial charge is 0.497 e. The molecular weight excluding hydrogens is 528 g/mol. The first-order chi connectivity index (χ1) is 20.4. The number of methoxy groups -OCH3 is 1. The number of anilines is 2. The molecule has 9 nitrogen and oxygen atoms in total. The maximum atomic E-state index is 14.1. The monoisotopic (exact) mass is 564 g/mol. The van der Waals surface area contributed by atoms with Crippen LogP contribution in [0.3, 0.4) is 0 Å². The van der Waals surface area contributed by atoms with Crippen LogP contribution in [0, 0.1) is 0 Å². The van der Waals surface area contributed by atoms with Crippen molar-refractivity contribution in [2.24, 2.45) is 0 Å². The molecule has 0 bridgehead atoms. The normalized spacial score (nSPS) is 11.2. The molecule has 2 amide bonds. The van der Waals surface area contributed by atoms with Crippen LogP contribution in [0.2, 0.25) is 0 Å². The highest BCUT2D eigenvalue weighted by Crippen LogP contribution is 2.35. The molecule has 9 heteroatoms.